The number of rotatable bonds is 11. The summed E-state index contributed by atoms with van der Waals surface area (Å²) in [6.45, 7) is 4.81. The van der Waals surface area contributed by atoms with Gasteiger partial charge in [0.25, 0.3) is 0 Å². The second-order valence-electron chi connectivity index (χ2n) is 4.61. The molecule has 0 amide bonds. The first-order chi connectivity index (χ1) is 9.74. The van der Waals surface area contributed by atoms with Gasteiger partial charge in [0.05, 0.1) is 13.2 Å². The van der Waals surface area contributed by atoms with E-state index < -0.39 is 0 Å². The SMILES string of the molecule is CCCCOCCOCCCC(=O)c1ccc(Br)cc1. The average molecular weight is 343 g/mol. The van der Waals surface area contributed by atoms with Crippen molar-refractivity contribution >= 4 is 21.7 Å². The minimum atomic E-state index is 0.167. The van der Waals surface area contributed by atoms with E-state index in [0.29, 0.717) is 26.2 Å². The summed E-state index contributed by atoms with van der Waals surface area (Å²) in [6.07, 6.45) is 3.53. The number of carbonyl (C=O) groups is 1. The van der Waals surface area contributed by atoms with Crippen LogP contribution in [0.15, 0.2) is 28.7 Å². The molecule has 112 valence electrons. The standard InChI is InChI=1S/C16H23BrO3/c1-2-3-10-19-12-13-20-11-4-5-16(18)14-6-8-15(17)9-7-14/h6-9H,2-5,10-13H2,1H3. The molecule has 0 saturated carbocycles. The topological polar surface area (TPSA) is 35.5 Å². The molecular weight excluding hydrogens is 320 g/mol. The molecule has 0 unspecified atom stereocenters. The summed E-state index contributed by atoms with van der Waals surface area (Å²) in [5.41, 5.74) is 0.760. The third-order valence-electron chi connectivity index (χ3n) is 2.87. The molecule has 0 saturated heterocycles. The van der Waals surface area contributed by atoms with Crippen LogP contribution in [0.25, 0.3) is 0 Å². The Kier molecular flexibility index (Phi) is 9.54. The summed E-state index contributed by atoms with van der Waals surface area (Å²) in [5, 5.41) is 0. The molecule has 3 nitrogen and oxygen atoms in total. The Bertz CT molecular complexity index is 376. The molecule has 0 bridgehead atoms. The maximum Gasteiger partial charge on any atom is 0.162 e. The lowest BCUT2D eigenvalue weighted by atomic mass is 10.1. The van der Waals surface area contributed by atoms with Crippen molar-refractivity contribution in [2.45, 2.75) is 32.6 Å². The zero-order chi connectivity index (χ0) is 14.6. The fourth-order valence-corrected chi connectivity index (χ4v) is 1.95. The van der Waals surface area contributed by atoms with E-state index >= 15 is 0 Å². The zero-order valence-electron chi connectivity index (χ0n) is 12.1. The number of unbranched alkanes of at least 4 members (excludes halogenated alkanes) is 1. The van der Waals surface area contributed by atoms with Crippen molar-refractivity contribution in [2.24, 2.45) is 0 Å². The third-order valence-corrected chi connectivity index (χ3v) is 3.40. The summed E-state index contributed by atoms with van der Waals surface area (Å²) in [5.74, 6) is 0.167. The Balaban J connectivity index is 2.01. The zero-order valence-corrected chi connectivity index (χ0v) is 13.7. The van der Waals surface area contributed by atoms with Crippen LogP contribution >= 0.6 is 15.9 Å². The largest absolute Gasteiger partial charge is 0.379 e. The molecule has 0 spiro atoms. The fraction of sp³-hybridized carbons (Fsp3) is 0.562. The van der Waals surface area contributed by atoms with Crippen LogP contribution < -0.4 is 0 Å². The van der Waals surface area contributed by atoms with E-state index in [2.05, 4.69) is 22.9 Å². The Labute approximate surface area is 129 Å². The van der Waals surface area contributed by atoms with Gasteiger partial charge in [-0.15, -0.1) is 0 Å². The van der Waals surface area contributed by atoms with Crippen molar-refractivity contribution in [2.75, 3.05) is 26.4 Å². The van der Waals surface area contributed by atoms with E-state index in [1.807, 2.05) is 24.3 Å². The smallest absolute Gasteiger partial charge is 0.162 e. The lowest BCUT2D eigenvalue weighted by Crippen LogP contribution is -2.07. The molecule has 0 radical (unpaired) electrons. The molecule has 1 aromatic carbocycles. The van der Waals surface area contributed by atoms with Crippen LogP contribution in [0.5, 0.6) is 0 Å². The molecule has 20 heavy (non-hydrogen) atoms. The minimum Gasteiger partial charge on any atom is -0.379 e. The van der Waals surface area contributed by atoms with Gasteiger partial charge in [-0.1, -0.05) is 41.4 Å². The Morgan fingerprint density at radius 2 is 1.60 bits per heavy atom. The van der Waals surface area contributed by atoms with Crippen molar-refractivity contribution in [1.82, 2.24) is 0 Å². The van der Waals surface area contributed by atoms with Gasteiger partial charge in [0.15, 0.2) is 5.78 Å². The Hall–Kier alpha value is -0.710. The molecule has 0 aliphatic rings. The van der Waals surface area contributed by atoms with E-state index in [4.69, 9.17) is 9.47 Å². The molecule has 1 rings (SSSR count). The molecule has 4 heteroatoms. The number of halogens is 1. The third kappa shape index (κ3) is 7.78. The van der Waals surface area contributed by atoms with Crippen molar-refractivity contribution in [3.8, 4) is 0 Å². The quantitative estimate of drug-likeness (QED) is 0.445. The number of benzene rings is 1. The summed E-state index contributed by atoms with van der Waals surface area (Å²) in [7, 11) is 0. The van der Waals surface area contributed by atoms with Crippen LogP contribution in [0.3, 0.4) is 0 Å². The second kappa shape index (κ2) is 11.0. The number of hydrogen-bond acceptors (Lipinski definition) is 3. The van der Waals surface area contributed by atoms with E-state index in [1.54, 1.807) is 0 Å². The highest BCUT2D eigenvalue weighted by atomic mass is 79.9. The first-order valence-electron chi connectivity index (χ1n) is 7.18. The highest BCUT2D eigenvalue weighted by Gasteiger charge is 2.04. The van der Waals surface area contributed by atoms with Crippen LogP contribution in [-0.4, -0.2) is 32.2 Å². The monoisotopic (exact) mass is 342 g/mol. The lowest BCUT2D eigenvalue weighted by molar-refractivity contribution is 0.0451. The van der Waals surface area contributed by atoms with Crippen LogP contribution in [0.1, 0.15) is 43.0 Å². The van der Waals surface area contributed by atoms with E-state index in [9.17, 15) is 4.79 Å². The van der Waals surface area contributed by atoms with Gasteiger partial charge in [-0.25, -0.2) is 0 Å². The molecule has 0 N–H and O–H groups in total. The van der Waals surface area contributed by atoms with Gasteiger partial charge in [0.1, 0.15) is 0 Å². The van der Waals surface area contributed by atoms with E-state index in [-0.39, 0.29) is 5.78 Å². The van der Waals surface area contributed by atoms with Gasteiger partial charge in [0, 0.05) is 29.7 Å². The minimum absolute atomic E-state index is 0.167. The summed E-state index contributed by atoms with van der Waals surface area (Å²) in [6, 6.07) is 7.46. The average Bonchev–Trinajstić information content (AvgIpc) is 2.46. The predicted molar refractivity (Wildman–Crippen MR) is 84.3 cm³/mol. The first-order valence-corrected chi connectivity index (χ1v) is 7.97. The number of ether oxygens (including phenoxy) is 2. The first kappa shape index (κ1) is 17.3. The predicted octanol–water partition coefficient (Wildman–Crippen LogP) is 4.25. The number of ketones is 1. The van der Waals surface area contributed by atoms with Gasteiger partial charge in [-0.2, -0.15) is 0 Å². The van der Waals surface area contributed by atoms with E-state index in [0.717, 1.165) is 35.9 Å². The molecule has 0 aliphatic heterocycles. The van der Waals surface area contributed by atoms with Gasteiger partial charge in [0.2, 0.25) is 0 Å². The molecule has 0 fully saturated rings. The maximum atomic E-state index is 11.9. The highest BCUT2D eigenvalue weighted by Crippen LogP contribution is 2.12. The van der Waals surface area contributed by atoms with Crippen LogP contribution in [0.2, 0.25) is 0 Å². The molecular formula is C16H23BrO3. The van der Waals surface area contributed by atoms with Gasteiger partial charge in [-0.3, -0.25) is 4.79 Å². The molecule has 0 aliphatic carbocycles. The number of carbonyl (C=O) groups excluding carboxylic acids is 1. The van der Waals surface area contributed by atoms with Crippen molar-refractivity contribution < 1.29 is 14.3 Å². The molecule has 0 heterocycles. The summed E-state index contributed by atoms with van der Waals surface area (Å²) < 4.78 is 11.8. The molecule has 1 aromatic rings. The van der Waals surface area contributed by atoms with Crippen LogP contribution in [0.4, 0.5) is 0 Å². The van der Waals surface area contributed by atoms with Crippen molar-refractivity contribution in [1.29, 1.82) is 0 Å². The van der Waals surface area contributed by atoms with Gasteiger partial charge in [-0.05, 0) is 25.0 Å². The Morgan fingerprint density at radius 1 is 1.00 bits per heavy atom. The normalized spacial score (nSPS) is 10.7. The fourth-order valence-electron chi connectivity index (χ4n) is 1.68. The molecule has 0 aromatic heterocycles. The summed E-state index contributed by atoms with van der Waals surface area (Å²) in [4.78, 5) is 11.9. The van der Waals surface area contributed by atoms with Crippen LogP contribution in [0, 0.1) is 0 Å². The lowest BCUT2D eigenvalue weighted by Gasteiger charge is -2.05. The number of hydrogen-bond donors (Lipinski definition) is 0. The summed E-state index contributed by atoms with van der Waals surface area (Å²) >= 11 is 3.35. The van der Waals surface area contributed by atoms with Crippen molar-refractivity contribution in [3.63, 3.8) is 0 Å². The van der Waals surface area contributed by atoms with E-state index in [1.165, 1.54) is 0 Å². The highest BCUT2D eigenvalue weighted by molar-refractivity contribution is 9.10. The van der Waals surface area contributed by atoms with Crippen molar-refractivity contribution in [3.05, 3.63) is 34.3 Å². The van der Waals surface area contributed by atoms with Crippen LogP contribution in [-0.2, 0) is 9.47 Å². The Morgan fingerprint density at radius 3 is 2.20 bits per heavy atom. The van der Waals surface area contributed by atoms with Gasteiger partial charge < -0.3 is 9.47 Å². The second-order valence-corrected chi connectivity index (χ2v) is 5.53. The molecule has 0 atom stereocenters. The van der Waals surface area contributed by atoms with Gasteiger partial charge >= 0.3 is 0 Å². The maximum absolute atomic E-state index is 11.9. The number of Topliss-reactive ketones (excluding diaryl/α,β-unsaturated/α-hetero) is 1.